The Labute approximate surface area is 148 Å². The molecule has 1 aliphatic heterocycles. The van der Waals surface area contributed by atoms with Crippen LogP contribution in [-0.4, -0.2) is 30.5 Å². The van der Waals surface area contributed by atoms with Crippen molar-refractivity contribution in [2.45, 2.75) is 40.0 Å². The zero-order valence-electron chi connectivity index (χ0n) is 14.8. The highest BCUT2D eigenvalue weighted by atomic mass is 32.1. The third-order valence-electron chi connectivity index (χ3n) is 4.62. The number of hydrogen-bond acceptors (Lipinski definition) is 4. The predicted octanol–water partition coefficient (Wildman–Crippen LogP) is 3.98. The van der Waals surface area contributed by atoms with Gasteiger partial charge in [-0.2, -0.15) is 0 Å². The average molecular weight is 346 g/mol. The van der Waals surface area contributed by atoms with Crippen LogP contribution in [0.15, 0.2) is 18.2 Å². The third kappa shape index (κ3) is 4.07. The van der Waals surface area contributed by atoms with Crippen LogP contribution in [-0.2, 0) is 4.79 Å². The first-order valence-electron chi connectivity index (χ1n) is 8.93. The van der Waals surface area contributed by atoms with Gasteiger partial charge in [0.05, 0.1) is 16.1 Å². The zero-order chi connectivity index (χ0) is 17.1. The Bertz CT molecular complexity index is 710. The summed E-state index contributed by atoms with van der Waals surface area (Å²) in [5.41, 5.74) is 2.32. The van der Waals surface area contributed by atoms with E-state index in [1.165, 1.54) is 10.3 Å². The monoisotopic (exact) mass is 345 g/mol. The molecule has 0 spiro atoms. The van der Waals surface area contributed by atoms with E-state index < -0.39 is 0 Å². The summed E-state index contributed by atoms with van der Waals surface area (Å²) in [6.45, 7) is 9.04. The molecule has 4 nitrogen and oxygen atoms in total. The molecule has 0 saturated carbocycles. The van der Waals surface area contributed by atoms with E-state index >= 15 is 0 Å². The SMILES string of the molecule is Cc1ccc2nc(N3CCCC(C(=O)NCCC(C)C)C3)sc2c1. The molecule has 24 heavy (non-hydrogen) atoms. The normalized spacial score (nSPS) is 18.3. The van der Waals surface area contributed by atoms with Crippen LogP contribution in [0.3, 0.4) is 0 Å². The second-order valence-electron chi connectivity index (χ2n) is 7.23. The Kier molecular flexibility index (Phi) is 5.39. The van der Waals surface area contributed by atoms with Gasteiger partial charge >= 0.3 is 0 Å². The lowest BCUT2D eigenvalue weighted by Crippen LogP contribution is -2.43. The third-order valence-corrected chi connectivity index (χ3v) is 5.70. The summed E-state index contributed by atoms with van der Waals surface area (Å²) in [6, 6.07) is 6.38. The molecule has 1 aromatic carbocycles. The van der Waals surface area contributed by atoms with Crippen molar-refractivity contribution in [1.82, 2.24) is 10.3 Å². The number of nitrogens with zero attached hydrogens (tertiary/aromatic N) is 2. The highest BCUT2D eigenvalue weighted by Gasteiger charge is 2.27. The van der Waals surface area contributed by atoms with Gasteiger partial charge in [-0.3, -0.25) is 4.79 Å². The Morgan fingerprint density at radius 2 is 2.29 bits per heavy atom. The van der Waals surface area contributed by atoms with Crippen molar-refractivity contribution in [3.8, 4) is 0 Å². The average Bonchev–Trinajstić information content (AvgIpc) is 2.97. The summed E-state index contributed by atoms with van der Waals surface area (Å²) in [5, 5.41) is 4.16. The number of carbonyl (C=O) groups excluding carboxylic acids is 1. The number of carbonyl (C=O) groups is 1. The Balaban J connectivity index is 1.64. The van der Waals surface area contributed by atoms with E-state index in [2.05, 4.69) is 49.2 Å². The fraction of sp³-hybridized carbons (Fsp3) is 0.579. The zero-order valence-corrected chi connectivity index (χ0v) is 15.7. The molecule has 1 N–H and O–H groups in total. The number of rotatable bonds is 5. The Morgan fingerprint density at radius 3 is 3.08 bits per heavy atom. The molecule has 5 heteroatoms. The molecule has 1 aliphatic rings. The number of aryl methyl sites for hydroxylation is 1. The summed E-state index contributed by atoms with van der Waals surface area (Å²) in [7, 11) is 0. The first kappa shape index (κ1) is 17.2. The van der Waals surface area contributed by atoms with E-state index in [1.807, 2.05) is 0 Å². The van der Waals surface area contributed by atoms with Crippen molar-refractivity contribution in [3.63, 3.8) is 0 Å². The van der Waals surface area contributed by atoms with Crippen LogP contribution in [0.1, 0.15) is 38.7 Å². The number of amides is 1. The van der Waals surface area contributed by atoms with Crippen LogP contribution in [0, 0.1) is 18.8 Å². The number of aromatic nitrogens is 1. The predicted molar refractivity (Wildman–Crippen MR) is 102 cm³/mol. The minimum Gasteiger partial charge on any atom is -0.356 e. The van der Waals surface area contributed by atoms with Gasteiger partial charge in [0.25, 0.3) is 0 Å². The van der Waals surface area contributed by atoms with E-state index in [4.69, 9.17) is 4.98 Å². The number of benzene rings is 1. The number of fused-ring (bicyclic) bond motifs is 1. The first-order chi connectivity index (χ1) is 11.5. The van der Waals surface area contributed by atoms with Gasteiger partial charge in [-0.15, -0.1) is 0 Å². The van der Waals surface area contributed by atoms with Gasteiger partial charge in [0.15, 0.2) is 5.13 Å². The smallest absolute Gasteiger partial charge is 0.224 e. The van der Waals surface area contributed by atoms with Crippen molar-refractivity contribution in [2.75, 3.05) is 24.5 Å². The van der Waals surface area contributed by atoms with Crippen LogP contribution in [0.25, 0.3) is 10.2 Å². The molecule has 2 aromatic rings. The first-order valence-corrected chi connectivity index (χ1v) is 9.74. The molecule has 1 unspecified atom stereocenters. The number of piperidine rings is 1. The van der Waals surface area contributed by atoms with E-state index in [-0.39, 0.29) is 11.8 Å². The maximum Gasteiger partial charge on any atom is 0.224 e. The van der Waals surface area contributed by atoms with Gasteiger partial charge in [-0.1, -0.05) is 31.3 Å². The molecule has 0 radical (unpaired) electrons. The van der Waals surface area contributed by atoms with Crippen molar-refractivity contribution in [2.24, 2.45) is 11.8 Å². The second kappa shape index (κ2) is 7.51. The number of anilines is 1. The van der Waals surface area contributed by atoms with Crippen molar-refractivity contribution < 1.29 is 4.79 Å². The van der Waals surface area contributed by atoms with Crippen LogP contribution in [0.2, 0.25) is 0 Å². The van der Waals surface area contributed by atoms with E-state index in [1.54, 1.807) is 11.3 Å². The number of thiazole rings is 1. The molecule has 1 aromatic heterocycles. The van der Waals surface area contributed by atoms with Gasteiger partial charge in [0.1, 0.15) is 0 Å². The Morgan fingerprint density at radius 1 is 1.46 bits per heavy atom. The standard InChI is InChI=1S/C19H27N3OS/c1-13(2)8-9-20-18(23)15-5-4-10-22(12-15)19-21-16-7-6-14(3)11-17(16)24-19/h6-7,11,13,15H,4-5,8-10,12H2,1-3H3,(H,20,23). The molecule has 1 atom stereocenters. The number of hydrogen-bond donors (Lipinski definition) is 1. The van der Waals surface area contributed by atoms with Gasteiger partial charge in [-0.05, 0) is 49.8 Å². The van der Waals surface area contributed by atoms with Crippen molar-refractivity contribution >= 4 is 32.6 Å². The summed E-state index contributed by atoms with van der Waals surface area (Å²) >= 11 is 1.74. The fourth-order valence-corrected chi connectivity index (χ4v) is 4.25. The summed E-state index contributed by atoms with van der Waals surface area (Å²) < 4.78 is 1.23. The fourth-order valence-electron chi connectivity index (χ4n) is 3.15. The summed E-state index contributed by atoms with van der Waals surface area (Å²) in [5.74, 6) is 0.913. The van der Waals surface area contributed by atoms with Crippen LogP contribution >= 0.6 is 11.3 Å². The van der Waals surface area contributed by atoms with E-state index in [0.29, 0.717) is 5.92 Å². The molecule has 1 saturated heterocycles. The van der Waals surface area contributed by atoms with Gasteiger partial charge in [0.2, 0.25) is 5.91 Å². The lowest BCUT2D eigenvalue weighted by molar-refractivity contribution is -0.125. The topological polar surface area (TPSA) is 45.2 Å². The second-order valence-corrected chi connectivity index (χ2v) is 8.24. The van der Waals surface area contributed by atoms with E-state index in [9.17, 15) is 4.79 Å². The minimum atomic E-state index is 0.0830. The molecule has 130 valence electrons. The molecular formula is C19H27N3OS. The molecule has 0 bridgehead atoms. The quantitative estimate of drug-likeness (QED) is 0.891. The van der Waals surface area contributed by atoms with Crippen molar-refractivity contribution in [1.29, 1.82) is 0 Å². The molecule has 2 heterocycles. The maximum absolute atomic E-state index is 12.4. The largest absolute Gasteiger partial charge is 0.356 e. The van der Waals surface area contributed by atoms with Gasteiger partial charge in [-0.25, -0.2) is 4.98 Å². The molecule has 0 aliphatic carbocycles. The van der Waals surface area contributed by atoms with Crippen LogP contribution in [0.4, 0.5) is 5.13 Å². The molecule has 1 amide bonds. The molecule has 3 rings (SSSR count). The van der Waals surface area contributed by atoms with Gasteiger partial charge in [0, 0.05) is 19.6 Å². The van der Waals surface area contributed by atoms with Gasteiger partial charge < -0.3 is 10.2 Å². The lowest BCUT2D eigenvalue weighted by Gasteiger charge is -2.31. The highest BCUT2D eigenvalue weighted by Crippen LogP contribution is 2.32. The van der Waals surface area contributed by atoms with Crippen molar-refractivity contribution in [3.05, 3.63) is 23.8 Å². The van der Waals surface area contributed by atoms with Crippen LogP contribution in [0.5, 0.6) is 0 Å². The molecular weight excluding hydrogens is 318 g/mol. The summed E-state index contributed by atoms with van der Waals surface area (Å²) in [4.78, 5) is 19.5. The molecule has 1 fully saturated rings. The Hall–Kier alpha value is -1.62. The maximum atomic E-state index is 12.4. The number of nitrogens with one attached hydrogen (secondary N) is 1. The van der Waals surface area contributed by atoms with Crippen LogP contribution < -0.4 is 10.2 Å². The lowest BCUT2D eigenvalue weighted by atomic mass is 9.97. The minimum absolute atomic E-state index is 0.0830. The highest BCUT2D eigenvalue weighted by molar-refractivity contribution is 7.22. The van der Waals surface area contributed by atoms with E-state index in [0.717, 1.165) is 49.5 Å². The summed E-state index contributed by atoms with van der Waals surface area (Å²) in [6.07, 6.45) is 3.07.